The quantitative estimate of drug-likeness (QED) is 0.777. The monoisotopic (exact) mass is 347 g/mol. The van der Waals surface area contributed by atoms with Crippen molar-refractivity contribution in [3.05, 3.63) is 27.1 Å². The molecule has 2 aromatic rings. The number of rotatable bonds is 5. The summed E-state index contributed by atoms with van der Waals surface area (Å²) in [4.78, 5) is 29.1. The van der Waals surface area contributed by atoms with Crippen LogP contribution >= 0.6 is 11.3 Å². The van der Waals surface area contributed by atoms with Gasteiger partial charge in [-0.05, 0) is 43.4 Å². The van der Waals surface area contributed by atoms with Crippen molar-refractivity contribution < 1.29 is 9.53 Å². The van der Waals surface area contributed by atoms with Crippen LogP contribution in [0.15, 0.2) is 10.9 Å². The number of carbonyl (C=O) groups excluding carboxylic acids is 1. The summed E-state index contributed by atoms with van der Waals surface area (Å²) in [7, 11) is 0. The summed E-state index contributed by atoms with van der Waals surface area (Å²) < 4.78 is 6.68. The Morgan fingerprint density at radius 3 is 3.00 bits per heavy atom. The van der Waals surface area contributed by atoms with Gasteiger partial charge in [0.1, 0.15) is 11.6 Å². The predicted molar refractivity (Wildman–Crippen MR) is 89.9 cm³/mol. The highest BCUT2D eigenvalue weighted by Gasteiger charge is 2.40. The molecule has 2 aromatic heterocycles. The van der Waals surface area contributed by atoms with Gasteiger partial charge in [0.15, 0.2) is 0 Å². The molecular formula is C17H21N3O3S. The summed E-state index contributed by atoms with van der Waals surface area (Å²) in [5.41, 5.74) is 0.266. The van der Waals surface area contributed by atoms with E-state index >= 15 is 0 Å². The van der Waals surface area contributed by atoms with Gasteiger partial charge in [-0.2, -0.15) is 9.61 Å². The fourth-order valence-corrected chi connectivity index (χ4v) is 5.02. The number of esters is 1. The number of hydrogen-bond donors (Lipinski definition) is 0. The maximum absolute atomic E-state index is 12.1. The molecule has 7 heteroatoms. The Bertz CT molecular complexity index is 828. The van der Waals surface area contributed by atoms with Crippen LogP contribution in [0.3, 0.4) is 0 Å². The minimum absolute atomic E-state index is 0.0603. The average molecular weight is 347 g/mol. The Labute approximate surface area is 143 Å². The van der Waals surface area contributed by atoms with Crippen molar-refractivity contribution in [3.63, 3.8) is 0 Å². The molecule has 6 nitrogen and oxygen atoms in total. The predicted octanol–water partition coefficient (Wildman–Crippen LogP) is 2.58. The Morgan fingerprint density at radius 2 is 2.29 bits per heavy atom. The number of ether oxygens (including phenoxy) is 1. The molecule has 4 rings (SSSR count). The minimum Gasteiger partial charge on any atom is -0.459 e. The number of aromatic nitrogens is 3. The number of carbonyl (C=O) groups is 1. The van der Waals surface area contributed by atoms with Crippen molar-refractivity contribution in [1.82, 2.24) is 14.6 Å². The van der Waals surface area contributed by atoms with Crippen molar-refractivity contribution in [3.8, 4) is 0 Å². The molecule has 0 radical (unpaired) electrons. The smallest absolute Gasteiger partial charge is 0.306 e. The lowest BCUT2D eigenvalue weighted by molar-refractivity contribution is -0.146. The van der Waals surface area contributed by atoms with E-state index in [0.717, 1.165) is 17.3 Å². The molecule has 128 valence electrons. The summed E-state index contributed by atoms with van der Waals surface area (Å²) in [5.74, 6) is 1.86. The van der Waals surface area contributed by atoms with Crippen LogP contribution in [0.4, 0.5) is 0 Å². The van der Waals surface area contributed by atoms with Crippen LogP contribution in [0, 0.1) is 17.8 Å². The standard InChI is InChI=1S/C17H21N3O3S/c1-2-14-19-20-15(21)8-13(18-17(20)24-14)9-23-16(22)7-12-6-10-3-4-11(12)5-10/h8,10-12H,2-7,9H2,1H3/t10-,11-,12+/m1/s1. The van der Waals surface area contributed by atoms with E-state index in [0.29, 0.717) is 28.9 Å². The lowest BCUT2D eigenvalue weighted by Crippen LogP contribution is -2.19. The Morgan fingerprint density at radius 1 is 1.42 bits per heavy atom. The first kappa shape index (κ1) is 15.7. The SMILES string of the molecule is CCc1nn2c(=O)cc(COC(=O)C[C@@H]3C[C@@H]4CC[C@@H]3C4)nc2s1. The van der Waals surface area contributed by atoms with Gasteiger partial charge < -0.3 is 4.74 Å². The van der Waals surface area contributed by atoms with E-state index in [2.05, 4.69) is 10.1 Å². The van der Waals surface area contributed by atoms with E-state index in [9.17, 15) is 9.59 Å². The molecule has 0 aromatic carbocycles. The maximum Gasteiger partial charge on any atom is 0.306 e. The van der Waals surface area contributed by atoms with Crippen LogP contribution in [0.1, 0.15) is 49.7 Å². The fraction of sp³-hybridized carbons (Fsp3) is 0.647. The molecule has 2 bridgehead atoms. The van der Waals surface area contributed by atoms with Crippen molar-refractivity contribution in [1.29, 1.82) is 0 Å². The molecule has 3 atom stereocenters. The van der Waals surface area contributed by atoms with Gasteiger partial charge in [0, 0.05) is 12.5 Å². The van der Waals surface area contributed by atoms with Crippen molar-refractivity contribution in [2.45, 2.75) is 52.1 Å². The molecule has 0 N–H and O–H groups in total. The molecule has 24 heavy (non-hydrogen) atoms. The van der Waals surface area contributed by atoms with Crippen molar-refractivity contribution >= 4 is 22.3 Å². The van der Waals surface area contributed by atoms with Crippen LogP contribution in [-0.4, -0.2) is 20.6 Å². The second-order valence-corrected chi connectivity index (χ2v) is 7.97. The molecular weight excluding hydrogens is 326 g/mol. The Kier molecular flexibility index (Phi) is 4.12. The van der Waals surface area contributed by atoms with E-state index in [1.807, 2.05) is 6.92 Å². The number of nitrogens with zero attached hydrogens (tertiary/aromatic N) is 3. The van der Waals surface area contributed by atoms with Crippen LogP contribution in [0.25, 0.3) is 4.96 Å². The molecule has 2 aliphatic rings. The van der Waals surface area contributed by atoms with Crippen LogP contribution in [0.5, 0.6) is 0 Å². The molecule has 2 fully saturated rings. The summed E-state index contributed by atoms with van der Waals surface area (Å²) in [6.45, 7) is 2.05. The van der Waals surface area contributed by atoms with E-state index < -0.39 is 0 Å². The first-order valence-corrected chi connectivity index (χ1v) is 9.48. The maximum atomic E-state index is 12.1. The highest BCUT2D eigenvalue weighted by atomic mass is 32.1. The molecule has 2 saturated carbocycles. The van der Waals surface area contributed by atoms with Gasteiger partial charge in [-0.15, -0.1) is 0 Å². The largest absolute Gasteiger partial charge is 0.459 e. The Balaban J connectivity index is 1.39. The first-order valence-electron chi connectivity index (χ1n) is 8.66. The second kappa shape index (κ2) is 6.27. The van der Waals surface area contributed by atoms with Gasteiger partial charge in [-0.1, -0.05) is 24.7 Å². The lowest BCUT2D eigenvalue weighted by atomic mass is 9.86. The Hall–Kier alpha value is -1.76. The van der Waals surface area contributed by atoms with Gasteiger partial charge in [-0.25, -0.2) is 4.98 Å². The summed E-state index contributed by atoms with van der Waals surface area (Å²) >= 11 is 1.39. The third-order valence-corrected chi connectivity index (χ3v) is 6.39. The van der Waals surface area contributed by atoms with Crippen molar-refractivity contribution in [2.75, 3.05) is 0 Å². The van der Waals surface area contributed by atoms with Crippen LogP contribution in [-0.2, 0) is 22.6 Å². The number of aryl methyl sites for hydroxylation is 1. The van der Waals surface area contributed by atoms with Gasteiger partial charge >= 0.3 is 5.97 Å². The third-order valence-electron chi connectivity index (χ3n) is 5.34. The van der Waals surface area contributed by atoms with Gasteiger partial charge in [0.25, 0.3) is 5.56 Å². The lowest BCUT2D eigenvalue weighted by Gasteiger charge is -2.20. The van der Waals surface area contributed by atoms with E-state index in [4.69, 9.17) is 4.74 Å². The summed E-state index contributed by atoms with van der Waals surface area (Å²) in [6, 6.07) is 1.40. The zero-order valence-electron chi connectivity index (χ0n) is 13.7. The van der Waals surface area contributed by atoms with E-state index in [1.165, 1.54) is 47.6 Å². The van der Waals surface area contributed by atoms with Crippen LogP contribution in [0.2, 0.25) is 0 Å². The highest BCUT2D eigenvalue weighted by molar-refractivity contribution is 7.16. The molecule has 0 aliphatic heterocycles. The zero-order chi connectivity index (χ0) is 16.7. The second-order valence-electron chi connectivity index (χ2n) is 6.93. The fourth-order valence-electron chi connectivity index (χ4n) is 4.17. The van der Waals surface area contributed by atoms with Gasteiger partial charge in [0.05, 0.1) is 5.69 Å². The van der Waals surface area contributed by atoms with E-state index in [-0.39, 0.29) is 18.1 Å². The molecule has 0 unspecified atom stereocenters. The van der Waals surface area contributed by atoms with Crippen molar-refractivity contribution in [2.24, 2.45) is 17.8 Å². The molecule has 0 amide bonds. The summed E-state index contributed by atoms with van der Waals surface area (Å²) in [5, 5.41) is 5.08. The third kappa shape index (κ3) is 2.97. The minimum atomic E-state index is -0.227. The molecule has 0 spiro atoms. The molecule has 2 aliphatic carbocycles. The van der Waals surface area contributed by atoms with Gasteiger partial charge in [0.2, 0.25) is 4.96 Å². The normalized spacial score (nSPS) is 25.5. The first-order chi connectivity index (χ1) is 11.6. The summed E-state index contributed by atoms with van der Waals surface area (Å²) in [6.07, 6.45) is 6.33. The van der Waals surface area contributed by atoms with E-state index in [1.54, 1.807) is 0 Å². The molecule has 0 saturated heterocycles. The highest BCUT2D eigenvalue weighted by Crippen LogP contribution is 2.49. The topological polar surface area (TPSA) is 73.6 Å². The van der Waals surface area contributed by atoms with Crippen LogP contribution < -0.4 is 5.56 Å². The zero-order valence-corrected chi connectivity index (χ0v) is 14.6. The average Bonchev–Trinajstić information content (AvgIpc) is 3.27. The van der Waals surface area contributed by atoms with Gasteiger partial charge in [-0.3, -0.25) is 9.59 Å². The number of fused-ring (bicyclic) bond motifs is 3. The number of hydrogen-bond acceptors (Lipinski definition) is 6. The molecule has 2 heterocycles.